The Morgan fingerprint density at radius 1 is 1.43 bits per heavy atom. The van der Waals surface area contributed by atoms with Crippen LogP contribution in [-0.2, 0) is 11.2 Å². The number of carboxylic acid groups (broad SMARTS) is 1. The molecule has 1 saturated carbocycles. The zero-order chi connectivity index (χ0) is 15.2. The SMILES string of the molecule is COc1ccc(CC(CC(=O)O)NC2CCCC2)c(C)c1. The second kappa shape index (κ2) is 7.46. The summed E-state index contributed by atoms with van der Waals surface area (Å²) in [4.78, 5) is 11.1. The zero-order valence-corrected chi connectivity index (χ0v) is 12.9. The van der Waals surface area contributed by atoms with E-state index in [1.807, 2.05) is 25.1 Å². The lowest BCUT2D eigenvalue weighted by Gasteiger charge is -2.22. The number of methoxy groups -OCH3 is 1. The van der Waals surface area contributed by atoms with Gasteiger partial charge in [0.15, 0.2) is 0 Å². The largest absolute Gasteiger partial charge is 0.497 e. The summed E-state index contributed by atoms with van der Waals surface area (Å²) in [5.74, 6) is 0.103. The van der Waals surface area contributed by atoms with E-state index in [2.05, 4.69) is 5.32 Å². The smallest absolute Gasteiger partial charge is 0.304 e. The number of nitrogens with one attached hydrogen (secondary N) is 1. The van der Waals surface area contributed by atoms with Crippen LogP contribution >= 0.6 is 0 Å². The van der Waals surface area contributed by atoms with Gasteiger partial charge in [-0.1, -0.05) is 18.9 Å². The maximum Gasteiger partial charge on any atom is 0.304 e. The van der Waals surface area contributed by atoms with Gasteiger partial charge >= 0.3 is 5.97 Å². The third kappa shape index (κ3) is 4.74. The highest BCUT2D eigenvalue weighted by Gasteiger charge is 2.21. The summed E-state index contributed by atoms with van der Waals surface area (Å²) in [5, 5.41) is 12.7. The summed E-state index contributed by atoms with van der Waals surface area (Å²) in [7, 11) is 1.66. The normalized spacial score (nSPS) is 16.9. The van der Waals surface area contributed by atoms with E-state index in [1.54, 1.807) is 7.11 Å². The average Bonchev–Trinajstić information content (AvgIpc) is 2.93. The Labute approximate surface area is 126 Å². The predicted octanol–water partition coefficient (Wildman–Crippen LogP) is 2.92. The Bertz CT molecular complexity index is 481. The predicted molar refractivity (Wildman–Crippen MR) is 82.9 cm³/mol. The van der Waals surface area contributed by atoms with Crippen molar-refractivity contribution in [1.82, 2.24) is 5.32 Å². The minimum atomic E-state index is -0.739. The Kier molecular flexibility index (Phi) is 5.62. The van der Waals surface area contributed by atoms with Gasteiger partial charge in [0.2, 0.25) is 0 Å². The monoisotopic (exact) mass is 291 g/mol. The van der Waals surface area contributed by atoms with Crippen LogP contribution in [0.4, 0.5) is 0 Å². The minimum Gasteiger partial charge on any atom is -0.497 e. The van der Waals surface area contributed by atoms with E-state index < -0.39 is 5.97 Å². The highest BCUT2D eigenvalue weighted by Crippen LogP contribution is 2.22. The Balaban J connectivity index is 2.04. The quantitative estimate of drug-likeness (QED) is 0.811. The van der Waals surface area contributed by atoms with E-state index in [4.69, 9.17) is 9.84 Å². The first-order chi connectivity index (χ1) is 10.1. The van der Waals surface area contributed by atoms with Crippen molar-refractivity contribution in [3.05, 3.63) is 29.3 Å². The topological polar surface area (TPSA) is 58.6 Å². The number of benzene rings is 1. The van der Waals surface area contributed by atoms with Crippen LogP contribution in [0, 0.1) is 6.92 Å². The average molecular weight is 291 g/mol. The second-order valence-corrected chi connectivity index (χ2v) is 5.94. The van der Waals surface area contributed by atoms with Gasteiger partial charge in [0, 0.05) is 12.1 Å². The summed E-state index contributed by atoms with van der Waals surface area (Å²) in [6.45, 7) is 2.05. The molecule has 2 N–H and O–H groups in total. The maximum absolute atomic E-state index is 11.1. The fraction of sp³-hybridized carbons (Fsp3) is 0.588. The molecule has 0 aromatic heterocycles. The molecule has 1 aliphatic carbocycles. The van der Waals surface area contributed by atoms with Crippen LogP contribution in [0.25, 0.3) is 0 Å². The minimum absolute atomic E-state index is 0.00213. The fourth-order valence-corrected chi connectivity index (χ4v) is 3.12. The Hall–Kier alpha value is -1.55. The molecule has 116 valence electrons. The van der Waals surface area contributed by atoms with Gasteiger partial charge in [-0.05, 0) is 49.4 Å². The molecule has 0 radical (unpaired) electrons. The second-order valence-electron chi connectivity index (χ2n) is 5.94. The van der Waals surface area contributed by atoms with Gasteiger partial charge in [-0.2, -0.15) is 0 Å². The van der Waals surface area contributed by atoms with Crippen molar-refractivity contribution in [1.29, 1.82) is 0 Å². The van der Waals surface area contributed by atoms with Crippen molar-refractivity contribution in [3.63, 3.8) is 0 Å². The van der Waals surface area contributed by atoms with Gasteiger partial charge in [-0.3, -0.25) is 4.79 Å². The third-order valence-electron chi connectivity index (χ3n) is 4.26. The third-order valence-corrected chi connectivity index (χ3v) is 4.26. The van der Waals surface area contributed by atoms with Crippen molar-refractivity contribution in [2.75, 3.05) is 7.11 Å². The maximum atomic E-state index is 11.1. The van der Waals surface area contributed by atoms with E-state index in [-0.39, 0.29) is 12.5 Å². The highest BCUT2D eigenvalue weighted by molar-refractivity contribution is 5.67. The number of aryl methyl sites for hydroxylation is 1. The van der Waals surface area contributed by atoms with Crippen LogP contribution in [0.2, 0.25) is 0 Å². The first kappa shape index (κ1) is 15.8. The van der Waals surface area contributed by atoms with E-state index in [0.29, 0.717) is 6.04 Å². The molecule has 2 rings (SSSR count). The lowest BCUT2D eigenvalue weighted by molar-refractivity contribution is -0.137. The van der Waals surface area contributed by atoms with Crippen molar-refractivity contribution >= 4 is 5.97 Å². The van der Waals surface area contributed by atoms with Crippen LogP contribution in [0.5, 0.6) is 5.75 Å². The summed E-state index contributed by atoms with van der Waals surface area (Å²) in [5.41, 5.74) is 2.34. The number of carboxylic acids is 1. The first-order valence-electron chi connectivity index (χ1n) is 7.70. The molecule has 0 saturated heterocycles. The van der Waals surface area contributed by atoms with Crippen molar-refractivity contribution in [2.24, 2.45) is 0 Å². The Morgan fingerprint density at radius 2 is 2.14 bits per heavy atom. The molecule has 1 fully saturated rings. The number of ether oxygens (including phenoxy) is 1. The van der Waals surface area contributed by atoms with Gasteiger partial charge in [0.05, 0.1) is 13.5 Å². The molecule has 0 amide bonds. The molecule has 4 heteroatoms. The molecule has 0 spiro atoms. The van der Waals surface area contributed by atoms with Gasteiger partial charge in [0.1, 0.15) is 5.75 Å². The van der Waals surface area contributed by atoms with Gasteiger partial charge in [0.25, 0.3) is 0 Å². The molecule has 1 aliphatic rings. The lowest BCUT2D eigenvalue weighted by atomic mass is 9.98. The van der Waals surface area contributed by atoms with Gasteiger partial charge in [-0.25, -0.2) is 0 Å². The number of hydrogen-bond donors (Lipinski definition) is 2. The Morgan fingerprint density at radius 3 is 2.71 bits per heavy atom. The fourth-order valence-electron chi connectivity index (χ4n) is 3.12. The molecule has 21 heavy (non-hydrogen) atoms. The van der Waals surface area contributed by atoms with Crippen LogP contribution in [-0.4, -0.2) is 30.3 Å². The van der Waals surface area contributed by atoms with Crippen LogP contribution in [0.15, 0.2) is 18.2 Å². The van der Waals surface area contributed by atoms with Crippen LogP contribution < -0.4 is 10.1 Å². The molecule has 1 aromatic carbocycles. The molecule has 1 aromatic rings. The first-order valence-corrected chi connectivity index (χ1v) is 7.70. The molecule has 1 atom stereocenters. The summed E-state index contributed by atoms with van der Waals surface area (Å²) in [6, 6.07) is 6.46. The number of hydrogen-bond acceptors (Lipinski definition) is 3. The molecular weight excluding hydrogens is 266 g/mol. The summed E-state index contributed by atoms with van der Waals surface area (Å²) < 4.78 is 5.22. The lowest BCUT2D eigenvalue weighted by Crippen LogP contribution is -2.39. The number of aliphatic carboxylic acids is 1. The van der Waals surface area contributed by atoms with Gasteiger partial charge in [-0.15, -0.1) is 0 Å². The van der Waals surface area contributed by atoms with Crippen molar-refractivity contribution in [2.45, 2.75) is 57.5 Å². The molecular formula is C17H25NO3. The van der Waals surface area contributed by atoms with E-state index >= 15 is 0 Å². The van der Waals surface area contributed by atoms with Crippen LogP contribution in [0.3, 0.4) is 0 Å². The van der Waals surface area contributed by atoms with Crippen molar-refractivity contribution < 1.29 is 14.6 Å². The zero-order valence-electron chi connectivity index (χ0n) is 12.9. The van der Waals surface area contributed by atoms with E-state index in [1.165, 1.54) is 18.4 Å². The molecule has 0 aliphatic heterocycles. The van der Waals surface area contributed by atoms with Crippen molar-refractivity contribution in [3.8, 4) is 5.75 Å². The standard InChI is InChI=1S/C17H25NO3/c1-12-9-16(21-2)8-7-13(12)10-15(11-17(19)20)18-14-5-3-4-6-14/h7-9,14-15,18H,3-6,10-11H2,1-2H3,(H,19,20). The highest BCUT2D eigenvalue weighted by atomic mass is 16.5. The molecule has 0 bridgehead atoms. The van der Waals surface area contributed by atoms with Crippen LogP contribution in [0.1, 0.15) is 43.2 Å². The van der Waals surface area contributed by atoms with Gasteiger partial charge < -0.3 is 15.2 Å². The summed E-state index contributed by atoms with van der Waals surface area (Å²) in [6.07, 6.45) is 5.74. The molecule has 0 heterocycles. The van der Waals surface area contributed by atoms with E-state index in [0.717, 1.165) is 30.6 Å². The number of carbonyl (C=O) groups is 1. The van der Waals surface area contributed by atoms with E-state index in [9.17, 15) is 4.79 Å². The summed E-state index contributed by atoms with van der Waals surface area (Å²) >= 11 is 0. The molecule has 1 unspecified atom stereocenters. The number of rotatable bonds is 7. The molecule has 4 nitrogen and oxygen atoms in total.